The van der Waals surface area contributed by atoms with Crippen molar-refractivity contribution in [2.24, 2.45) is 0 Å². The molecule has 2 N–H and O–H groups in total. The van der Waals surface area contributed by atoms with Crippen LogP contribution in [0.3, 0.4) is 0 Å². The van der Waals surface area contributed by atoms with Gasteiger partial charge in [-0.15, -0.1) is 11.3 Å². The Morgan fingerprint density at radius 3 is 2.19 bits per heavy atom. The molecular weight excluding hydrogens is 306 g/mol. The summed E-state index contributed by atoms with van der Waals surface area (Å²) in [6.45, 7) is 6.13. The Balaban J connectivity index is 2.08. The SMILES string of the molecule is Cc1nc(C(C)Nc2ccc(NS(C)(=O)=O)cc2)c(C)s1. The number of benzene rings is 1. The Kier molecular flexibility index (Phi) is 4.53. The van der Waals surface area contributed by atoms with Crippen molar-refractivity contribution < 1.29 is 8.42 Å². The van der Waals surface area contributed by atoms with Crippen LogP contribution >= 0.6 is 11.3 Å². The maximum Gasteiger partial charge on any atom is 0.229 e. The highest BCUT2D eigenvalue weighted by atomic mass is 32.2. The summed E-state index contributed by atoms with van der Waals surface area (Å²) in [6, 6.07) is 7.26. The molecule has 7 heteroatoms. The molecule has 1 atom stereocenters. The molecule has 0 fully saturated rings. The fourth-order valence-electron chi connectivity index (χ4n) is 2.11. The lowest BCUT2D eigenvalue weighted by Crippen LogP contribution is -2.10. The van der Waals surface area contributed by atoms with Crippen molar-refractivity contribution in [3.05, 3.63) is 39.8 Å². The number of thiazole rings is 1. The summed E-state index contributed by atoms with van der Waals surface area (Å²) in [7, 11) is -3.24. The predicted molar refractivity (Wildman–Crippen MR) is 88.5 cm³/mol. The number of sulfonamides is 1. The maximum absolute atomic E-state index is 11.2. The maximum atomic E-state index is 11.2. The number of hydrogen-bond acceptors (Lipinski definition) is 5. The third kappa shape index (κ3) is 4.44. The van der Waals surface area contributed by atoms with Gasteiger partial charge in [-0.25, -0.2) is 13.4 Å². The first kappa shape index (κ1) is 15.8. The molecule has 0 saturated carbocycles. The number of nitrogens with zero attached hydrogens (tertiary/aromatic N) is 1. The molecule has 0 bridgehead atoms. The van der Waals surface area contributed by atoms with Crippen LogP contribution in [0.2, 0.25) is 0 Å². The van der Waals surface area contributed by atoms with E-state index in [0.29, 0.717) is 5.69 Å². The van der Waals surface area contributed by atoms with E-state index in [4.69, 9.17) is 0 Å². The quantitative estimate of drug-likeness (QED) is 0.885. The Morgan fingerprint density at radius 2 is 1.71 bits per heavy atom. The minimum Gasteiger partial charge on any atom is -0.377 e. The average Bonchev–Trinajstić information content (AvgIpc) is 2.69. The number of nitrogens with one attached hydrogen (secondary N) is 2. The summed E-state index contributed by atoms with van der Waals surface area (Å²) < 4.78 is 24.7. The van der Waals surface area contributed by atoms with Crippen molar-refractivity contribution in [1.82, 2.24) is 4.98 Å². The Hall–Kier alpha value is -1.60. The largest absolute Gasteiger partial charge is 0.377 e. The van der Waals surface area contributed by atoms with E-state index in [1.54, 1.807) is 23.5 Å². The second-order valence-corrected chi connectivity index (χ2v) is 8.15. The molecule has 0 radical (unpaired) electrons. The van der Waals surface area contributed by atoms with Crippen LogP contribution in [-0.4, -0.2) is 19.7 Å². The molecule has 2 aromatic rings. The first-order valence-corrected chi connectivity index (χ1v) is 9.24. The van der Waals surface area contributed by atoms with Crippen LogP contribution < -0.4 is 10.0 Å². The van der Waals surface area contributed by atoms with E-state index in [1.807, 2.05) is 19.1 Å². The smallest absolute Gasteiger partial charge is 0.229 e. The number of hydrogen-bond donors (Lipinski definition) is 2. The summed E-state index contributed by atoms with van der Waals surface area (Å²) >= 11 is 1.69. The Labute approximate surface area is 129 Å². The van der Waals surface area contributed by atoms with Crippen LogP contribution in [0.25, 0.3) is 0 Å². The van der Waals surface area contributed by atoms with Crippen molar-refractivity contribution >= 4 is 32.7 Å². The van der Waals surface area contributed by atoms with Gasteiger partial charge in [0.1, 0.15) is 0 Å². The zero-order chi connectivity index (χ0) is 15.6. The number of aryl methyl sites for hydroxylation is 2. The van der Waals surface area contributed by atoms with E-state index < -0.39 is 10.0 Å². The summed E-state index contributed by atoms with van der Waals surface area (Å²) in [6.07, 6.45) is 1.13. The van der Waals surface area contributed by atoms with Gasteiger partial charge in [0, 0.05) is 16.3 Å². The molecule has 5 nitrogen and oxygen atoms in total. The zero-order valence-electron chi connectivity index (χ0n) is 12.5. The average molecular weight is 325 g/mol. The number of rotatable bonds is 5. The van der Waals surface area contributed by atoms with Crippen molar-refractivity contribution in [3.63, 3.8) is 0 Å². The van der Waals surface area contributed by atoms with Crippen LogP contribution in [0.1, 0.15) is 28.5 Å². The molecule has 1 aromatic heterocycles. The monoisotopic (exact) mass is 325 g/mol. The van der Waals surface area contributed by atoms with Crippen molar-refractivity contribution in [3.8, 4) is 0 Å². The fraction of sp³-hybridized carbons (Fsp3) is 0.357. The van der Waals surface area contributed by atoms with Crippen LogP contribution in [0.15, 0.2) is 24.3 Å². The van der Waals surface area contributed by atoms with Crippen LogP contribution in [-0.2, 0) is 10.0 Å². The second kappa shape index (κ2) is 6.03. The van der Waals surface area contributed by atoms with Crippen molar-refractivity contribution in [2.45, 2.75) is 26.8 Å². The topological polar surface area (TPSA) is 71.1 Å². The zero-order valence-corrected chi connectivity index (χ0v) is 14.1. The number of anilines is 2. The normalized spacial score (nSPS) is 13.0. The van der Waals surface area contributed by atoms with Gasteiger partial charge in [0.25, 0.3) is 0 Å². The van der Waals surface area contributed by atoms with Gasteiger partial charge >= 0.3 is 0 Å². The van der Waals surface area contributed by atoms with E-state index in [-0.39, 0.29) is 6.04 Å². The fourth-order valence-corrected chi connectivity index (χ4v) is 3.59. The van der Waals surface area contributed by atoms with E-state index in [9.17, 15) is 8.42 Å². The van der Waals surface area contributed by atoms with Crippen LogP contribution in [0.4, 0.5) is 11.4 Å². The van der Waals surface area contributed by atoms with E-state index >= 15 is 0 Å². The van der Waals surface area contributed by atoms with Crippen LogP contribution in [0.5, 0.6) is 0 Å². The highest BCUT2D eigenvalue weighted by molar-refractivity contribution is 7.92. The van der Waals surface area contributed by atoms with E-state index in [2.05, 4.69) is 28.9 Å². The van der Waals surface area contributed by atoms with Gasteiger partial charge in [-0.2, -0.15) is 0 Å². The molecule has 0 spiro atoms. The molecule has 0 aliphatic heterocycles. The predicted octanol–water partition coefficient (Wildman–Crippen LogP) is 3.30. The summed E-state index contributed by atoms with van der Waals surface area (Å²) in [5, 5.41) is 4.43. The Bertz CT molecular complexity index is 721. The first-order valence-electron chi connectivity index (χ1n) is 6.53. The third-order valence-corrected chi connectivity index (χ3v) is 4.43. The minimum atomic E-state index is -3.24. The molecule has 0 aliphatic carbocycles. The van der Waals surface area contributed by atoms with Gasteiger partial charge in [-0.1, -0.05) is 0 Å². The van der Waals surface area contributed by atoms with Gasteiger partial charge in [-0.3, -0.25) is 4.72 Å². The van der Waals surface area contributed by atoms with Crippen LogP contribution in [0, 0.1) is 13.8 Å². The first-order chi connectivity index (χ1) is 9.74. The summed E-state index contributed by atoms with van der Waals surface area (Å²) in [5.74, 6) is 0. The molecule has 1 unspecified atom stereocenters. The molecule has 0 saturated heterocycles. The molecule has 1 heterocycles. The Morgan fingerprint density at radius 1 is 1.14 bits per heavy atom. The van der Waals surface area contributed by atoms with Crippen molar-refractivity contribution in [2.75, 3.05) is 16.3 Å². The molecule has 0 aliphatic rings. The second-order valence-electron chi connectivity index (χ2n) is 4.99. The molecule has 21 heavy (non-hydrogen) atoms. The molecule has 114 valence electrons. The molecule has 0 amide bonds. The highest BCUT2D eigenvalue weighted by Gasteiger charge is 2.13. The molecule has 1 aromatic carbocycles. The molecule has 2 rings (SSSR count). The standard InChI is InChI=1S/C14H19N3O2S2/c1-9(14-10(2)20-11(3)16-14)15-12-5-7-13(8-6-12)17-21(4,18)19/h5-9,15,17H,1-4H3. The lowest BCUT2D eigenvalue weighted by molar-refractivity contribution is 0.607. The third-order valence-electron chi connectivity index (χ3n) is 2.92. The minimum absolute atomic E-state index is 0.101. The summed E-state index contributed by atoms with van der Waals surface area (Å²) in [4.78, 5) is 5.75. The van der Waals surface area contributed by atoms with Crippen molar-refractivity contribution in [1.29, 1.82) is 0 Å². The van der Waals surface area contributed by atoms with Gasteiger partial charge in [0.15, 0.2) is 0 Å². The van der Waals surface area contributed by atoms with Gasteiger partial charge in [-0.05, 0) is 45.0 Å². The number of aromatic nitrogens is 1. The van der Waals surface area contributed by atoms with E-state index in [0.717, 1.165) is 22.6 Å². The highest BCUT2D eigenvalue weighted by Crippen LogP contribution is 2.26. The molecular formula is C14H19N3O2S2. The lowest BCUT2D eigenvalue weighted by Gasteiger charge is -2.14. The van der Waals surface area contributed by atoms with Gasteiger partial charge in [0.05, 0.1) is 23.0 Å². The van der Waals surface area contributed by atoms with Gasteiger partial charge < -0.3 is 5.32 Å². The summed E-state index contributed by atoms with van der Waals surface area (Å²) in [5.41, 5.74) is 2.53. The van der Waals surface area contributed by atoms with Gasteiger partial charge in [0.2, 0.25) is 10.0 Å². The lowest BCUT2D eigenvalue weighted by atomic mass is 10.2. The van der Waals surface area contributed by atoms with E-state index in [1.165, 1.54) is 4.88 Å².